The van der Waals surface area contributed by atoms with Crippen molar-refractivity contribution in [3.63, 3.8) is 0 Å². The monoisotopic (exact) mass is 313 g/mol. The Kier molecular flexibility index (Phi) is 3.27. The van der Waals surface area contributed by atoms with Crippen molar-refractivity contribution in [1.82, 2.24) is 14.1 Å². The predicted octanol–water partition coefficient (Wildman–Crippen LogP) is 2.46. The normalized spacial score (nSPS) is 18.1. The van der Waals surface area contributed by atoms with Gasteiger partial charge < -0.3 is 0 Å². The molecule has 0 radical (unpaired) electrons. The molecule has 0 amide bonds. The van der Waals surface area contributed by atoms with E-state index in [1.807, 2.05) is 0 Å². The molecular formula is C13H16ClN3O2S. The van der Waals surface area contributed by atoms with Crippen molar-refractivity contribution in [3.8, 4) is 0 Å². The van der Waals surface area contributed by atoms with E-state index in [9.17, 15) is 8.42 Å². The van der Waals surface area contributed by atoms with Crippen LogP contribution >= 0.6 is 11.6 Å². The summed E-state index contributed by atoms with van der Waals surface area (Å²) >= 11 is 6.00. The number of nitrogens with one attached hydrogen (secondary N) is 1. The Morgan fingerprint density at radius 3 is 2.85 bits per heavy atom. The summed E-state index contributed by atoms with van der Waals surface area (Å²) in [5, 5.41) is 0.0140. The molecule has 1 aliphatic rings. The second-order valence-electron chi connectivity index (χ2n) is 5.63. The first-order chi connectivity index (χ1) is 9.41. The molecule has 2 heterocycles. The van der Waals surface area contributed by atoms with Gasteiger partial charge >= 0.3 is 0 Å². The molecule has 0 aromatic carbocycles. The van der Waals surface area contributed by atoms with Crippen molar-refractivity contribution in [3.05, 3.63) is 29.5 Å². The molecule has 1 fully saturated rings. The minimum atomic E-state index is -3.67. The van der Waals surface area contributed by atoms with Gasteiger partial charge in [0.2, 0.25) is 0 Å². The summed E-state index contributed by atoms with van der Waals surface area (Å²) in [4.78, 5) is 4.07. The summed E-state index contributed by atoms with van der Waals surface area (Å²) in [5.41, 5.74) is 0.591. The lowest BCUT2D eigenvalue weighted by atomic mass is 9.71. The molecule has 20 heavy (non-hydrogen) atoms. The molecule has 1 saturated carbocycles. The summed E-state index contributed by atoms with van der Waals surface area (Å²) in [6, 6.07) is 5.26. The van der Waals surface area contributed by atoms with Crippen molar-refractivity contribution in [2.24, 2.45) is 5.41 Å². The second kappa shape index (κ2) is 4.72. The van der Waals surface area contributed by atoms with Gasteiger partial charge in [-0.2, -0.15) is 0 Å². The largest absolute Gasteiger partial charge is 0.288 e. The number of hydrogen-bond donors (Lipinski definition) is 1. The van der Waals surface area contributed by atoms with Crippen LogP contribution in [0.2, 0.25) is 5.15 Å². The van der Waals surface area contributed by atoms with Crippen molar-refractivity contribution in [2.45, 2.75) is 31.2 Å². The lowest BCUT2D eigenvalue weighted by Crippen LogP contribution is -2.40. The fourth-order valence-corrected chi connectivity index (χ4v) is 4.32. The van der Waals surface area contributed by atoms with Gasteiger partial charge in [-0.3, -0.25) is 4.40 Å². The van der Waals surface area contributed by atoms with Gasteiger partial charge in [0, 0.05) is 12.7 Å². The maximum atomic E-state index is 12.5. The molecule has 1 N–H and O–H groups in total. The first-order valence-corrected chi connectivity index (χ1v) is 8.40. The third-order valence-electron chi connectivity index (χ3n) is 3.95. The highest BCUT2D eigenvalue weighted by Gasteiger charge is 2.34. The van der Waals surface area contributed by atoms with Crippen LogP contribution in [-0.2, 0) is 10.0 Å². The third kappa shape index (κ3) is 2.32. The molecule has 2 aromatic rings. The van der Waals surface area contributed by atoms with E-state index in [2.05, 4.69) is 16.6 Å². The van der Waals surface area contributed by atoms with Gasteiger partial charge in [0.25, 0.3) is 10.0 Å². The summed E-state index contributed by atoms with van der Waals surface area (Å²) in [7, 11) is -3.67. The minimum Gasteiger partial charge on any atom is -0.288 e. The third-order valence-corrected chi connectivity index (χ3v) is 5.75. The van der Waals surface area contributed by atoms with Crippen molar-refractivity contribution >= 4 is 27.3 Å². The number of imidazole rings is 1. The van der Waals surface area contributed by atoms with E-state index in [-0.39, 0.29) is 15.6 Å². The molecular weight excluding hydrogens is 298 g/mol. The molecule has 7 heteroatoms. The molecule has 0 unspecified atom stereocenters. The number of halogens is 1. The lowest BCUT2D eigenvalue weighted by Gasteiger charge is -2.38. The first kappa shape index (κ1) is 13.9. The smallest absolute Gasteiger partial charge is 0.259 e. The van der Waals surface area contributed by atoms with Crippen LogP contribution in [0.5, 0.6) is 0 Å². The lowest BCUT2D eigenvalue weighted by molar-refractivity contribution is 0.166. The van der Waals surface area contributed by atoms with E-state index in [0.717, 1.165) is 19.3 Å². The highest BCUT2D eigenvalue weighted by Crippen LogP contribution is 2.39. The van der Waals surface area contributed by atoms with Gasteiger partial charge in [-0.15, -0.1) is 0 Å². The Bertz CT molecular complexity index is 750. The number of hydrogen-bond acceptors (Lipinski definition) is 3. The number of fused-ring (bicyclic) bond motifs is 1. The van der Waals surface area contributed by atoms with E-state index in [4.69, 9.17) is 11.6 Å². The Morgan fingerprint density at radius 1 is 1.45 bits per heavy atom. The Balaban J connectivity index is 1.94. The molecule has 2 aromatic heterocycles. The number of nitrogens with zero attached hydrogens (tertiary/aromatic N) is 2. The second-order valence-corrected chi connectivity index (χ2v) is 7.67. The fourth-order valence-electron chi connectivity index (χ4n) is 2.48. The molecule has 0 spiro atoms. The molecule has 0 saturated heterocycles. The molecule has 1 aliphatic carbocycles. The molecule has 0 aliphatic heterocycles. The van der Waals surface area contributed by atoms with E-state index < -0.39 is 10.0 Å². The zero-order chi connectivity index (χ0) is 14.4. The van der Waals surface area contributed by atoms with Crippen LogP contribution in [0.3, 0.4) is 0 Å². The van der Waals surface area contributed by atoms with Gasteiger partial charge in [-0.05, 0) is 30.4 Å². The molecule has 0 bridgehead atoms. The van der Waals surface area contributed by atoms with E-state index in [0.29, 0.717) is 12.2 Å². The van der Waals surface area contributed by atoms with Crippen LogP contribution in [-0.4, -0.2) is 24.3 Å². The molecule has 108 valence electrons. The fraction of sp³-hybridized carbons (Fsp3) is 0.462. The SMILES string of the molecule is CC1(CNS(=O)(=O)c2c(Cl)nc3ccccn23)CCC1. The summed E-state index contributed by atoms with van der Waals surface area (Å²) in [5.74, 6) is 0. The summed E-state index contributed by atoms with van der Waals surface area (Å²) in [6.45, 7) is 2.53. The van der Waals surface area contributed by atoms with Crippen LogP contribution in [0, 0.1) is 5.41 Å². The zero-order valence-corrected chi connectivity index (χ0v) is 12.7. The van der Waals surface area contributed by atoms with Crippen LogP contribution in [0.1, 0.15) is 26.2 Å². The maximum absolute atomic E-state index is 12.5. The van der Waals surface area contributed by atoms with E-state index >= 15 is 0 Å². The van der Waals surface area contributed by atoms with Crippen molar-refractivity contribution < 1.29 is 8.42 Å². The summed E-state index contributed by atoms with van der Waals surface area (Å²) in [6.07, 6.45) is 4.91. The Morgan fingerprint density at radius 2 is 2.20 bits per heavy atom. The van der Waals surface area contributed by atoms with Gasteiger partial charge in [-0.1, -0.05) is 31.0 Å². The average molecular weight is 314 g/mol. The number of aromatic nitrogens is 2. The van der Waals surface area contributed by atoms with Gasteiger partial charge in [0.1, 0.15) is 5.65 Å². The Labute approximate surface area is 123 Å². The van der Waals surface area contributed by atoms with Crippen LogP contribution in [0.4, 0.5) is 0 Å². The summed E-state index contributed by atoms with van der Waals surface area (Å²) < 4.78 is 29.1. The maximum Gasteiger partial charge on any atom is 0.259 e. The Hall–Kier alpha value is -1.11. The van der Waals surface area contributed by atoms with Gasteiger partial charge in [0.05, 0.1) is 0 Å². The van der Waals surface area contributed by atoms with Crippen molar-refractivity contribution in [1.29, 1.82) is 0 Å². The molecule has 5 nitrogen and oxygen atoms in total. The standard InChI is InChI=1S/C13H16ClN3O2S/c1-13(6-4-7-13)9-15-20(18,19)12-11(14)16-10-5-2-3-8-17(10)12/h2-3,5,8,15H,4,6-7,9H2,1H3. The quantitative estimate of drug-likeness (QED) is 0.943. The number of pyridine rings is 1. The average Bonchev–Trinajstić information content (AvgIpc) is 2.70. The number of sulfonamides is 1. The van der Waals surface area contributed by atoms with Crippen LogP contribution < -0.4 is 4.72 Å². The minimum absolute atomic E-state index is 0.00228. The van der Waals surface area contributed by atoms with E-state index in [1.54, 1.807) is 24.4 Å². The molecule has 3 rings (SSSR count). The zero-order valence-electron chi connectivity index (χ0n) is 11.1. The number of rotatable bonds is 4. The van der Waals surface area contributed by atoms with Crippen molar-refractivity contribution in [2.75, 3.05) is 6.54 Å². The first-order valence-electron chi connectivity index (χ1n) is 6.54. The van der Waals surface area contributed by atoms with Crippen LogP contribution in [0.25, 0.3) is 5.65 Å². The highest BCUT2D eigenvalue weighted by molar-refractivity contribution is 7.89. The van der Waals surface area contributed by atoms with Gasteiger partial charge in [0.15, 0.2) is 10.2 Å². The van der Waals surface area contributed by atoms with Crippen LogP contribution in [0.15, 0.2) is 29.4 Å². The van der Waals surface area contributed by atoms with E-state index in [1.165, 1.54) is 4.40 Å². The molecule has 0 atom stereocenters. The highest BCUT2D eigenvalue weighted by atomic mass is 35.5. The predicted molar refractivity (Wildman–Crippen MR) is 77.3 cm³/mol. The van der Waals surface area contributed by atoms with Gasteiger partial charge in [-0.25, -0.2) is 18.1 Å². The topological polar surface area (TPSA) is 63.5 Å².